The summed E-state index contributed by atoms with van der Waals surface area (Å²) < 4.78 is 0. The Kier molecular flexibility index (Phi) is 6.03. The van der Waals surface area contributed by atoms with Gasteiger partial charge in [0.1, 0.15) is 0 Å². The van der Waals surface area contributed by atoms with Crippen LogP contribution in [0.15, 0.2) is 18.2 Å². The zero-order valence-corrected chi connectivity index (χ0v) is 12.4. The van der Waals surface area contributed by atoms with Gasteiger partial charge in [-0.3, -0.25) is 4.79 Å². The number of rotatable bonds is 7. The van der Waals surface area contributed by atoms with Crippen molar-refractivity contribution < 1.29 is 9.90 Å². The van der Waals surface area contributed by atoms with Gasteiger partial charge in [0.25, 0.3) is 0 Å². The minimum Gasteiger partial charge on any atom is -0.481 e. The van der Waals surface area contributed by atoms with Crippen molar-refractivity contribution in [2.45, 2.75) is 46.6 Å². The average molecular weight is 263 g/mol. The minimum absolute atomic E-state index is 0.000370. The fourth-order valence-corrected chi connectivity index (χ4v) is 2.12. The molecule has 0 aromatic heterocycles. The van der Waals surface area contributed by atoms with E-state index in [-0.39, 0.29) is 12.5 Å². The highest BCUT2D eigenvalue weighted by atomic mass is 16.4. The lowest BCUT2D eigenvalue weighted by Gasteiger charge is -2.19. The highest BCUT2D eigenvalue weighted by molar-refractivity contribution is 5.67. The summed E-state index contributed by atoms with van der Waals surface area (Å²) in [6.07, 6.45) is 0.937. The number of carboxylic acid groups (broad SMARTS) is 1. The van der Waals surface area contributed by atoms with Crippen molar-refractivity contribution in [3.05, 3.63) is 34.9 Å². The zero-order valence-electron chi connectivity index (χ0n) is 12.4. The molecule has 0 amide bonds. The number of benzene rings is 1. The largest absolute Gasteiger partial charge is 0.481 e. The molecule has 0 spiro atoms. The molecule has 1 unspecified atom stereocenters. The number of hydrogen-bond acceptors (Lipinski definition) is 2. The van der Waals surface area contributed by atoms with E-state index in [1.807, 2.05) is 0 Å². The van der Waals surface area contributed by atoms with Gasteiger partial charge in [0.15, 0.2) is 0 Å². The summed E-state index contributed by atoms with van der Waals surface area (Å²) in [5.41, 5.74) is 3.69. The fraction of sp³-hybridized carbons (Fsp3) is 0.562. The van der Waals surface area contributed by atoms with E-state index in [1.165, 1.54) is 16.7 Å². The number of nitrogens with one attached hydrogen (secondary N) is 1. The molecule has 0 radical (unpaired) electrons. The first-order valence-corrected chi connectivity index (χ1v) is 6.89. The summed E-state index contributed by atoms with van der Waals surface area (Å²) >= 11 is 0. The number of aliphatic carboxylic acids is 1. The smallest absolute Gasteiger partial charge is 0.304 e. The van der Waals surface area contributed by atoms with Gasteiger partial charge in [-0.15, -0.1) is 0 Å². The predicted molar refractivity (Wildman–Crippen MR) is 78.5 cm³/mol. The summed E-state index contributed by atoms with van der Waals surface area (Å²) in [5, 5.41) is 12.4. The van der Waals surface area contributed by atoms with Gasteiger partial charge in [0.2, 0.25) is 0 Å². The molecule has 0 fully saturated rings. The van der Waals surface area contributed by atoms with Crippen LogP contribution in [-0.4, -0.2) is 23.7 Å². The molecule has 106 valence electrons. The third kappa shape index (κ3) is 5.88. The van der Waals surface area contributed by atoms with Crippen molar-refractivity contribution in [3.8, 4) is 0 Å². The first kappa shape index (κ1) is 15.7. The second-order valence-electron chi connectivity index (χ2n) is 5.73. The minimum atomic E-state index is -0.744. The standard InChI is InChI=1S/C16H25NO2/c1-11(2)10-17-15(9-16(18)19)8-14-7-12(3)5-6-13(14)4/h5-7,11,15,17H,8-10H2,1-4H3,(H,18,19). The molecule has 2 N–H and O–H groups in total. The molecule has 19 heavy (non-hydrogen) atoms. The Morgan fingerprint density at radius 1 is 1.32 bits per heavy atom. The summed E-state index contributed by atoms with van der Waals surface area (Å²) in [6, 6.07) is 6.35. The Hall–Kier alpha value is -1.35. The van der Waals surface area contributed by atoms with E-state index in [1.54, 1.807) is 0 Å². The number of hydrogen-bond donors (Lipinski definition) is 2. The molecule has 1 rings (SSSR count). The predicted octanol–water partition coefficient (Wildman–Crippen LogP) is 2.93. The SMILES string of the molecule is Cc1ccc(C)c(CC(CC(=O)O)NCC(C)C)c1. The summed E-state index contributed by atoms with van der Waals surface area (Å²) in [7, 11) is 0. The molecule has 1 aromatic rings. The highest BCUT2D eigenvalue weighted by Crippen LogP contribution is 2.14. The Balaban J connectivity index is 2.74. The lowest BCUT2D eigenvalue weighted by atomic mass is 9.97. The van der Waals surface area contributed by atoms with Crippen molar-refractivity contribution in [3.63, 3.8) is 0 Å². The molecular weight excluding hydrogens is 238 g/mol. The second-order valence-corrected chi connectivity index (χ2v) is 5.73. The normalized spacial score (nSPS) is 12.7. The van der Waals surface area contributed by atoms with E-state index in [0.717, 1.165) is 13.0 Å². The van der Waals surface area contributed by atoms with Crippen molar-refractivity contribution in [1.29, 1.82) is 0 Å². The molecule has 3 heteroatoms. The first-order valence-electron chi connectivity index (χ1n) is 6.89. The van der Waals surface area contributed by atoms with Crippen LogP contribution in [0.25, 0.3) is 0 Å². The zero-order chi connectivity index (χ0) is 14.4. The molecule has 1 aromatic carbocycles. The van der Waals surface area contributed by atoms with Gasteiger partial charge in [0.05, 0.1) is 6.42 Å². The molecule has 0 aliphatic rings. The van der Waals surface area contributed by atoms with Crippen LogP contribution in [0.1, 0.15) is 37.0 Å². The Bertz CT molecular complexity index is 427. The Labute approximate surface area is 116 Å². The highest BCUT2D eigenvalue weighted by Gasteiger charge is 2.15. The summed E-state index contributed by atoms with van der Waals surface area (Å²) in [5.74, 6) is -0.221. The molecule has 0 saturated carbocycles. The molecular formula is C16H25NO2. The van der Waals surface area contributed by atoms with Crippen LogP contribution in [-0.2, 0) is 11.2 Å². The Morgan fingerprint density at radius 3 is 2.58 bits per heavy atom. The van der Waals surface area contributed by atoms with Gasteiger partial charge in [-0.1, -0.05) is 37.6 Å². The lowest BCUT2D eigenvalue weighted by molar-refractivity contribution is -0.137. The third-order valence-electron chi connectivity index (χ3n) is 3.21. The van der Waals surface area contributed by atoms with E-state index in [0.29, 0.717) is 5.92 Å². The van der Waals surface area contributed by atoms with Gasteiger partial charge in [-0.2, -0.15) is 0 Å². The maximum Gasteiger partial charge on any atom is 0.304 e. The van der Waals surface area contributed by atoms with Gasteiger partial charge in [-0.25, -0.2) is 0 Å². The maximum absolute atomic E-state index is 11.0. The molecule has 1 atom stereocenters. The maximum atomic E-state index is 11.0. The van der Waals surface area contributed by atoms with Gasteiger partial charge in [0, 0.05) is 6.04 Å². The van der Waals surface area contributed by atoms with Crippen LogP contribution in [0, 0.1) is 19.8 Å². The molecule has 0 heterocycles. The molecule has 0 aliphatic heterocycles. The van der Waals surface area contributed by atoms with E-state index < -0.39 is 5.97 Å². The van der Waals surface area contributed by atoms with Crippen molar-refractivity contribution >= 4 is 5.97 Å². The Morgan fingerprint density at radius 2 is 2.00 bits per heavy atom. The number of aryl methyl sites for hydroxylation is 2. The number of carboxylic acids is 1. The van der Waals surface area contributed by atoms with Crippen molar-refractivity contribution in [1.82, 2.24) is 5.32 Å². The average Bonchev–Trinajstić information content (AvgIpc) is 2.30. The van der Waals surface area contributed by atoms with E-state index >= 15 is 0 Å². The van der Waals surface area contributed by atoms with Crippen LogP contribution in [0.2, 0.25) is 0 Å². The lowest BCUT2D eigenvalue weighted by Crippen LogP contribution is -2.36. The van der Waals surface area contributed by atoms with Crippen molar-refractivity contribution in [2.24, 2.45) is 5.92 Å². The summed E-state index contributed by atoms with van der Waals surface area (Å²) in [4.78, 5) is 11.0. The van der Waals surface area contributed by atoms with Gasteiger partial charge < -0.3 is 10.4 Å². The second kappa shape index (κ2) is 7.29. The monoisotopic (exact) mass is 263 g/mol. The molecule has 3 nitrogen and oxygen atoms in total. The van der Waals surface area contributed by atoms with Crippen LogP contribution < -0.4 is 5.32 Å². The molecule has 0 saturated heterocycles. The molecule has 0 bridgehead atoms. The third-order valence-corrected chi connectivity index (χ3v) is 3.21. The first-order chi connectivity index (χ1) is 8.88. The van der Waals surface area contributed by atoms with E-state index in [4.69, 9.17) is 5.11 Å². The van der Waals surface area contributed by atoms with E-state index in [2.05, 4.69) is 51.2 Å². The van der Waals surface area contributed by atoms with Gasteiger partial charge >= 0.3 is 5.97 Å². The topological polar surface area (TPSA) is 49.3 Å². The van der Waals surface area contributed by atoms with Crippen LogP contribution in [0.5, 0.6) is 0 Å². The fourth-order valence-electron chi connectivity index (χ4n) is 2.12. The summed E-state index contributed by atoms with van der Waals surface area (Å²) in [6.45, 7) is 9.25. The number of carbonyl (C=O) groups is 1. The van der Waals surface area contributed by atoms with E-state index in [9.17, 15) is 4.79 Å². The molecule has 0 aliphatic carbocycles. The van der Waals surface area contributed by atoms with Crippen molar-refractivity contribution in [2.75, 3.05) is 6.54 Å². The van der Waals surface area contributed by atoms with Crippen LogP contribution in [0.3, 0.4) is 0 Å². The van der Waals surface area contributed by atoms with Crippen LogP contribution in [0.4, 0.5) is 0 Å². The van der Waals surface area contributed by atoms with Crippen LogP contribution >= 0.6 is 0 Å². The van der Waals surface area contributed by atoms with Gasteiger partial charge in [-0.05, 0) is 43.9 Å². The quantitative estimate of drug-likeness (QED) is 0.795.